The molecule has 0 spiro atoms. The first-order valence-electron chi connectivity index (χ1n) is 6.20. The number of benzene rings is 1. The molecule has 23 heavy (non-hydrogen) atoms. The summed E-state index contributed by atoms with van der Waals surface area (Å²) >= 11 is 0. The summed E-state index contributed by atoms with van der Waals surface area (Å²) in [5, 5.41) is 19.9. The van der Waals surface area contributed by atoms with Crippen molar-refractivity contribution in [2.45, 2.75) is 6.18 Å². The van der Waals surface area contributed by atoms with Crippen LogP contribution < -0.4 is 16.8 Å². The van der Waals surface area contributed by atoms with Crippen LogP contribution in [0.25, 0.3) is 5.70 Å². The van der Waals surface area contributed by atoms with Crippen LogP contribution in [0.3, 0.4) is 0 Å². The highest BCUT2D eigenvalue weighted by Gasteiger charge is 2.35. The van der Waals surface area contributed by atoms with Crippen molar-refractivity contribution in [3.05, 3.63) is 58.7 Å². The molecule has 1 aromatic carbocycles. The van der Waals surface area contributed by atoms with E-state index in [1.165, 1.54) is 18.5 Å². The van der Waals surface area contributed by atoms with Crippen LogP contribution in [0.5, 0.6) is 5.75 Å². The molecule has 0 unspecified atom stereocenters. The van der Waals surface area contributed by atoms with Gasteiger partial charge in [0.1, 0.15) is 17.4 Å². The first kappa shape index (κ1) is 16.4. The lowest BCUT2D eigenvalue weighted by Crippen LogP contribution is -2.20. The third kappa shape index (κ3) is 3.12. The van der Waals surface area contributed by atoms with E-state index in [0.29, 0.717) is 6.07 Å². The van der Waals surface area contributed by atoms with Gasteiger partial charge in [-0.15, -0.1) is 0 Å². The smallest absolute Gasteiger partial charge is 0.419 e. The zero-order chi connectivity index (χ0) is 17.4. The Labute approximate surface area is 128 Å². The second-order valence-corrected chi connectivity index (χ2v) is 4.65. The maximum atomic E-state index is 13.7. The van der Waals surface area contributed by atoms with E-state index in [2.05, 4.69) is 5.32 Å². The second-order valence-electron chi connectivity index (χ2n) is 4.65. The van der Waals surface area contributed by atoms with Gasteiger partial charge in [0, 0.05) is 29.1 Å². The first-order valence-corrected chi connectivity index (χ1v) is 6.20. The predicted octanol–water partition coefficient (Wildman–Crippen LogP) is 2.16. The van der Waals surface area contributed by atoms with Crippen LogP contribution in [0.4, 0.5) is 17.6 Å². The zero-order valence-electron chi connectivity index (χ0n) is 11.5. The Hall–Kier alpha value is -2.97. The van der Waals surface area contributed by atoms with E-state index in [1.807, 2.05) is 0 Å². The Morgan fingerprint density at radius 3 is 2.43 bits per heavy atom. The largest absolute Gasteiger partial charge is 0.507 e. The molecule has 0 fully saturated rings. The molecule has 0 radical (unpaired) electrons. The van der Waals surface area contributed by atoms with Crippen molar-refractivity contribution >= 4 is 11.5 Å². The normalized spacial score (nSPS) is 16.6. The fraction of sp³-hybridized carbons (Fsp3) is 0.0714. The van der Waals surface area contributed by atoms with Crippen molar-refractivity contribution in [3.63, 3.8) is 0 Å². The van der Waals surface area contributed by atoms with Crippen LogP contribution in [0, 0.1) is 11.2 Å². The van der Waals surface area contributed by atoms with Gasteiger partial charge in [0.25, 0.3) is 0 Å². The summed E-state index contributed by atoms with van der Waals surface area (Å²) in [5.74, 6) is -2.76. The maximum Gasteiger partial charge on any atom is 0.419 e. The van der Waals surface area contributed by atoms with Crippen molar-refractivity contribution in [2.75, 3.05) is 0 Å². The third-order valence-corrected chi connectivity index (χ3v) is 3.13. The van der Waals surface area contributed by atoms with Crippen LogP contribution in [0.1, 0.15) is 11.1 Å². The fourth-order valence-electron chi connectivity index (χ4n) is 2.03. The number of hydrogen-bond donors (Lipinski definition) is 5. The molecule has 2 rings (SSSR count). The standard InChI is InChI=1S/C14H12F4N4O/c15-10-3-7(11(23)4-9(10)14(16,17)18)12(19)6-1-2-22-5-8(6)13(20)21/h1-5,22-23H,19H2,(H3,20,21)/b12-6-. The molecule has 0 aliphatic carbocycles. The van der Waals surface area contributed by atoms with Gasteiger partial charge in [0.15, 0.2) is 0 Å². The minimum atomic E-state index is -4.94. The van der Waals surface area contributed by atoms with Crippen LogP contribution in [-0.4, -0.2) is 10.9 Å². The summed E-state index contributed by atoms with van der Waals surface area (Å²) in [7, 11) is 0. The highest BCUT2D eigenvalue weighted by atomic mass is 19.4. The van der Waals surface area contributed by atoms with E-state index in [1.54, 1.807) is 0 Å². The van der Waals surface area contributed by atoms with Gasteiger partial charge >= 0.3 is 6.18 Å². The molecule has 0 atom stereocenters. The number of amidine groups is 1. The zero-order valence-corrected chi connectivity index (χ0v) is 11.5. The highest BCUT2D eigenvalue weighted by Crippen LogP contribution is 2.37. The molecule has 9 heteroatoms. The number of halogens is 4. The van der Waals surface area contributed by atoms with Gasteiger partial charge in [0.2, 0.25) is 0 Å². The molecule has 0 saturated carbocycles. The molecule has 7 N–H and O–H groups in total. The van der Waals surface area contributed by atoms with Crippen LogP contribution in [0.2, 0.25) is 0 Å². The number of phenols is 1. The van der Waals surface area contributed by atoms with Crippen LogP contribution >= 0.6 is 0 Å². The Kier molecular flexibility index (Phi) is 4.04. The molecule has 0 amide bonds. The summed E-state index contributed by atoms with van der Waals surface area (Å²) in [5.41, 5.74) is 9.40. The SMILES string of the molecule is N=C(N)C1=CNC=C/C1=C(/N)c1cc(F)c(C(F)(F)F)cc1O. The number of aromatic hydroxyl groups is 1. The van der Waals surface area contributed by atoms with Gasteiger partial charge in [-0.3, -0.25) is 5.41 Å². The Balaban J connectivity index is 2.62. The van der Waals surface area contributed by atoms with Crippen molar-refractivity contribution in [1.82, 2.24) is 5.32 Å². The number of nitrogens with two attached hydrogens (primary N) is 2. The topological polar surface area (TPSA) is 108 Å². The molecule has 0 saturated heterocycles. The maximum absolute atomic E-state index is 13.7. The second kappa shape index (κ2) is 5.67. The number of alkyl halides is 3. The number of hydrogen-bond acceptors (Lipinski definition) is 4. The fourth-order valence-corrected chi connectivity index (χ4v) is 2.03. The highest BCUT2D eigenvalue weighted by molar-refractivity contribution is 6.02. The molecule has 0 aromatic heterocycles. The molecular weight excluding hydrogens is 316 g/mol. The number of allylic oxidation sites excluding steroid dienone is 1. The van der Waals surface area contributed by atoms with Crippen molar-refractivity contribution < 1.29 is 22.7 Å². The third-order valence-electron chi connectivity index (χ3n) is 3.13. The lowest BCUT2D eigenvalue weighted by Gasteiger charge is -2.17. The number of phenolic OH excluding ortho intramolecular Hbond substituents is 1. The lowest BCUT2D eigenvalue weighted by atomic mass is 9.96. The Bertz CT molecular complexity index is 763. The van der Waals surface area contributed by atoms with E-state index in [9.17, 15) is 22.7 Å². The Morgan fingerprint density at radius 2 is 1.87 bits per heavy atom. The van der Waals surface area contributed by atoms with E-state index in [-0.39, 0.29) is 34.3 Å². The van der Waals surface area contributed by atoms with Gasteiger partial charge in [-0.25, -0.2) is 4.39 Å². The monoisotopic (exact) mass is 328 g/mol. The van der Waals surface area contributed by atoms with Crippen molar-refractivity contribution in [3.8, 4) is 5.75 Å². The lowest BCUT2D eigenvalue weighted by molar-refractivity contribution is -0.140. The number of rotatable bonds is 2. The van der Waals surface area contributed by atoms with Gasteiger partial charge in [-0.2, -0.15) is 13.2 Å². The molecule has 1 aliphatic heterocycles. The molecule has 1 aliphatic rings. The summed E-state index contributed by atoms with van der Waals surface area (Å²) < 4.78 is 51.5. The molecule has 5 nitrogen and oxygen atoms in total. The minimum absolute atomic E-state index is 0.157. The average Bonchev–Trinajstić information content (AvgIpc) is 2.47. The van der Waals surface area contributed by atoms with Crippen LogP contribution in [-0.2, 0) is 6.18 Å². The molecular formula is C14H12F4N4O. The minimum Gasteiger partial charge on any atom is -0.507 e. The summed E-state index contributed by atoms with van der Waals surface area (Å²) in [6.07, 6.45) is -0.754. The molecule has 1 aromatic rings. The predicted molar refractivity (Wildman–Crippen MR) is 76.4 cm³/mol. The van der Waals surface area contributed by atoms with Gasteiger partial charge in [-0.1, -0.05) is 0 Å². The van der Waals surface area contributed by atoms with Crippen molar-refractivity contribution in [1.29, 1.82) is 5.41 Å². The molecule has 1 heterocycles. The first-order chi connectivity index (χ1) is 10.6. The van der Waals surface area contributed by atoms with E-state index >= 15 is 0 Å². The van der Waals surface area contributed by atoms with Crippen LogP contribution in [0.15, 0.2) is 41.8 Å². The number of dihydropyridines is 1. The van der Waals surface area contributed by atoms with E-state index in [0.717, 1.165) is 0 Å². The summed E-state index contributed by atoms with van der Waals surface area (Å²) in [6, 6.07) is 0.758. The quantitative estimate of drug-likeness (QED) is 0.326. The van der Waals surface area contributed by atoms with Gasteiger partial charge in [0.05, 0.1) is 11.3 Å². The van der Waals surface area contributed by atoms with Gasteiger partial charge < -0.3 is 21.9 Å². The Morgan fingerprint density at radius 1 is 1.22 bits per heavy atom. The van der Waals surface area contributed by atoms with Gasteiger partial charge in [-0.05, 0) is 18.2 Å². The average molecular weight is 328 g/mol. The van der Waals surface area contributed by atoms with Crippen molar-refractivity contribution in [2.24, 2.45) is 11.5 Å². The molecule has 0 bridgehead atoms. The van der Waals surface area contributed by atoms with E-state index in [4.69, 9.17) is 16.9 Å². The summed E-state index contributed by atoms with van der Waals surface area (Å²) in [4.78, 5) is 0. The molecule has 122 valence electrons. The summed E-state index contributed by atoms with van der Waals surface area (Å²) in [6.45, 7) is 0. The number of nitrogens with one attached hydrogen (secondary N) is 2. The van der Waals surface area contributed by atoms with E-state index < -0.39 is 23.3 Å².